The molecule has 5 aromatic rings. The van der Waals surface area contributed by atoms with Crippen molar-refractivity contribution in [1.82, 2.24) is 39.0 Å². The van der Waals surface area contributed by atoms with Crippen molar-refractivity contribution in [2.75, 3.05) is 38.1 Å². The predicted octanol–water partition coefficient (Wildman–Crippen LogP) is 3.60. The normalized spacial score (nSPS) is 14.8. The maximum Gasteiger partial charge on any atom is 0.182 e. The van der Waals surface area contributed by atoms with Crippen molar-refractivity contribution in [3.05, 3.63) is 65.9 Å². The number of piperazine rings is 1. The number of aromatic nitrogens is 7. The molecule has 0 N–H and O–H groups in total. The number of rotatable bonds is 6. The molecule has 1 aliphatic rings. The van der Waals surface area contributed by atoms with E-state index in [0.717, 1.165) is 84.6 Å². The van der Waals surface area contributed by atoms with E-state index in [9.17, 15) is 0 Å². The van der Waals surface area contributed by atoms with E-state index in [1.165, 1.54) is 5.56 Å². The van der Waals surface area contributed by atoms with E-state index >= 15 is 0 Å². The first kappa shape index (κ1) is 22.6. The Labute approximate surface area is 210 Å². The van der Waals surface area contributed by atoms with E-state index in [-0.39, 0.29) is 0 Å². The molecule has 1 aromatic carbocycles. The molecule has 9 nitrogen and oxygen atoms in total. The monoisotopic (exact) mass is 481 g/mol. The first-order valence-corrected chi connectivity index (χ1v) is 12.7. The fourth-order valence-electron chi connectivity index (χ4n) is 4.93. The summed E-state index contributed by atoms with van der Waals surface area (Å²) in [6.07, 6.45) is 5.74. The minimum absolute atomic E-state index is 0.697. The molecule has 1 aliphatic heterocycles. The number of anilines is 1. The third kappa shape index (κ3) is 4.09. The van der Waals surface area contributed by atoms with Crippen LogP contribution in [0.2, 0.25) is 0 Å². The molecule has 0 saturated carbocycles. The van der Waals surface area contributed by atoms with Gasteiger partial charge in [0.05, 0.1) is 17.4 Å². The first-order chi connectivity index (χ1) is 17.6. The molecule has 0 bridgehead atoms. The van der Waals surface area contributed by atoms with Crippen molar-refractivity contribution in [3.8, 4) is 11.5 Å². The maximum atomic E-state index is 5.06. The molecule has 0 spiro atoms. The zero-order chi connectivity index (χ0) is 24.6. The molecule has 9 heteroatoms. The van der Waals surface area contributed by atoms with Crippen molar-refractivity contribution in [2.24, 2.45) is 0 Å². The van der Waals surface area contributed by atoms with Crippen molar-refractivity contribution in [1.29, 1.82) is 0 Å². The fraction of sp³-hybridized carbons (Fsp3) is 0.370. The van der Waals surface area contributed by atoms with E-state index in [0.29, 0.717) is 6.54 Å². The second kappa shape index (κ2) is 9.31. The zero-order valence-corrected chi connectivity index (χ0v) is 21.1. The maximum absolute atomic E-state index is 5.06. The molecule has 1 fully saturated rings. The van der Waals surface area contributed by atoms with Crippen molar-refractivity contribution < 1.29 is 0 Å². The summed E-state index contributed by atoms with van der Waals surface area (Å²) in [5.74, 6) is 2.68. The van der Waals surface area contributed by atoms with Gasteiger partial charge in [0.25, 0.3) is 0 Å². The minimum Gasteiger partial charge on any atom is -0.354 e. The van der Waals surface area contributed by atoms with Gasteiger partial charge in [-0.15, -0.1) is 10.2 Å². The Balaban J connectivity index is 1.52. The lowest BCUT2D eigenvalue weighted by Crippen LogP contribution is -2.44. The quantitative estimate of drug-likeness (QED) is 0.367. The van der Waals surface area contributed by atoms with E-state index in [2.05, 4.69) is 68.9 Å². The summed E-state index contributed by atoms with van der Waals surface area (Å²) in [6, 6.07) is 12.7. The van der Waals surface area contributed by atoms with Gasteiger partial charge in [-0.25, -0.2) is 15.0 Å². The largest absolute Gasteiger partial charge is 0.354 e. The smallest absolute Gasteiger partial charge is 0.182 e. The lowest BCUT2D eigenvalue weighted by molar-refractivity contribution is 0.312. The van der Waals surface area contributed by atoms with Gasteiger partial charge in [-0.2, -0.15) is 0 Å². The third-order valence-electron chi connectivity index (χ3n) is 6.98. The third-order valence-corrected chi connectivity index (χ3v) is 6.98. The van der Waals surface area contributed by atoms with E-state index in [1.54, 1.807) is 0 Å². The van der Waals surface area contributed by atoms with Crippen molar-refractivity contribution in [2.45, 2.75) is 33.2 Å². The van der Waals surface area contributed by atoms with Crippen LogP contribution in [0, 0.1) is 6.92 Å². The summed E-state index contributed by atoms with van der Waals surface area (Å²) in [5, 5.41) is 8.68. The second-order valence-corrected chi connectivity index (χ2v) is 9.59. The number of benzene rings is 1. The summed E-state index contributed by atoms with van der Waals surface area (Å²) < 4.78 is 4.31. The molecule has 0 amide bonds. The van der Waals surface area contributed by atoms with Crippen LogP contribution in [0.4, 0.5) is 5.82 Å². The summed E-state index contributed by atoms with van der Waals surface area (Å²) in [4.78, 5) is 19.6. The average Bonchev–Trinajstić information content (AvgIpc) is 3.45. The van der Waals surface area contributed by atoms with Crippen LogP contribution in [-0.2, 0) is 13.0 Å². The highest BCUT2D eigenvalue weighted by Gasteiger charge is 2.21. The lowest BCUT2D eigenvalue weighted by Gasteiger charge is -2.33. The van der Waals surface area contributed by atoms with Crippen LogP contribution in [0.5, 0.6) is 0 Å². The molecule has 0 unspecified atom stereocenters. The van der Waals surface area contributed by atoms with Gasteiger partial charge in [0.15, 0.2) is 11.5 Å². The number of likely N-dealkylation sites (N-methyl/N-ethyl adjacent to an activating group) is 1. The molecule has 0 atom stereocenters. The van der Waals surface area contributed by atoms with Gasteiger partial charge in [0.1, 0.15) is 22.9 Å². The van der Waals surface area contributed by atoms with Crippen LogP contribution < -0.4 is 4.90 Å². The average molecular weight is 482 g/mol. The number of fused-ring (bicyclic) bond motifs is 2. The van der Waals surface area contributed by atoms with Crippen LogP contribution >= 0.6 is 0 Å². The van der Waals surface area contributed by atoms with Gasteiger partial charge in [-0.05, 0) is 26.0 Å². The lowest BCUT2D eigenvalue weighted by atomic mass is 10.2. The van der Waals surface area contributed by atoms with Gasteiger partial charge in [0.2, 0.25) is 0 Å². The van der Waals surface area contributed by atoms with Crippen LogP contribution in [-0.4, -0.2) is 72.2 Å². The van der Waals surface area contributed by atoms with Gasteiger partial charge in [-0.1, -0.05) is 43.7 Å². The molecule has 1 saturated heterocycles. The first-order valence-electron chi connectivity index (χ1n) is 12.7. The Kier molecular flexibility index (Phi) is 5.85. The van der Waals surface area contributed by atoms with E-state index < -0.39 is 0 Å². The van der Waals surface area contributed by atoms with Crippen LogP contribution in [0.3, 0.4) is 0 Å². The second-order valence-electron chi connectivity index (χ2n) is 9.59. The summed E-state index contributed by atoms with van der Waals surface area (Å²) >= 11 is 0. The number of imidazole rings is 1. The molecule has 36 heavy (non-hydrogen) atoms. The van der Waals surface area contributed by atoms with Gasteiger partial charge < -0.3 is 14.4 Å². The van der Waals surface area contributed by atoms with Crippen molar-refractivity contribution in [3.63, 3.8) is 0 Å². The number of hydrogen-bond donors (Lipinski definition) is 0. The number of hydrogen-bond acceptors (Lipinski definition) is 7. The number of nitrogens with zero attached hydrogens (tertiary/aromatic N) is 9. The van der Waals surface area contributed by atoms with Gasteiger partial charge in [0, 0.05) is 45.0 Å². The Morgan fingerprint density at radius 1 is 0.972 bits per heavy atom. The Morgan fingerprint density at radius 2 is 1.78 bits per heavy atom. The number of aryl methyl sites for hydroxylation is 2. The highest BCUT2D eigenvalue weighted by molar-refractivity contribution is 5.82. The highest BCUT2D eigenvalue weighted by atomic mass is 15.3. The minimum atomic E-state index is 0.697. The number of pyridine rings is 1. The van der Waals surface area contributed by atoms with Gasteiger partial charge >= 0.3 is 0 Å². The molecule has 5 heterocycles. The van der Waals surface area contributed by atoms with Crippen molar-refractivity contribution >= 4 is 22.5 Å². The summed E-state index contributed by atoms with van der Waals surface area (Å²) in [6.45, 7) is 8.85. The standard InChI is InChI=1S/C27H31N9/c1-4-8-21-27-32-31-19(2)35(27)18-23(29-21)26-30-22-16-28-25(34-13-11-33(3)12-14-34)15-24(22)36(26)17-20-9-6-5-7-10-20/h5-7,9-10,15-16,18H,4,8,11-14,17H2,1-3H3. The fourth-order valence-corrected chi connectivity index (χ4v) is 4.93. The van der Waals surface area contributed by atoms with Crippen LogP contribution in [0.1, 0.15) is 30.4 Å². The molecule has 6 rings (SSSR count). The molecule has 184 valence electrons. The molecule has 0 aliphatic carbocycles. The van der Waals surface area contributed by atoms with E-state index in [4.69, 9.17) is 15.0 Å². The summed E-state index contributed by atoms with van der Waals surface area (Å²) in [5.41, 5.74) is 5.75. The van der Waals surface area contributed by atoms with Crippen LogP contribution in [0.25, 0.3) is 28.2 Å². The highest BCUT2D eigenvalue weighted by Crippen LogP contribution is 2.28. The van der Waals surface area contributed by atoms with E-state index in [1.807, 2.05) is 29.8 Å². The van der Waals surface area contributed by atoms with Gasteiger partial charge in [-0.3, -0.25) is 4.40 Å². The molecule has 4 aromatic heterocycles. The Bertz CT molecular complexity index is 1510. The van der Waals surface area contributed by atoms with Crippen LogP contribution in [0.15, 0.2) is 48.8 Å². The predicted molar refractivity (Wildman–Crippen MR) is 141 cm³/mol. The Hall–Kier alpha value is -3.85. The molecular formula is C27H31N9. The molecular weight excluding hydrogens is 450 g/mol. The topological polar surface area (TPSA) is 80.3 Å². The Morgan fingerprint density at radius 3 is 2.56 bits per heavy atom. The summed E-state index contributed by atoms with van der Waals surface area (Å²) in [7, 11) is 2.17. The molecule has 0 radical (unpaired) electrons. The SMILES string of the molecule is CCCc1nc(-c2nc3cnc(N4CCN(C)CC4)cc3n2Cc2ccccc2)cn2c(C)nnc12. The zero-order valence-electron chi connectivity index (χ0n) is 21.1.